The summed E-state index contributed by atoms with van der Waals surface area (Å²) in [7, 11) is -3.71. The van der Waals surface area contributed by atoms with Crippen LogP contribution in [0.2, 0.25) is 0 Å². The highest BCUT2D eigenvalue weighted by atomic mass is 32.2. The molecule has 106 valence electrons. The fraction of sp³-hybridized carbons (Fsp3) is 0.167. The number of nitrogens with zero attached hydrogens (tertiary/aromatic N) is 1. The molecule has 0 fully saturated rings. The zero-order valence-corrected chi connectivity index (χ0v) is 12.2. The second-order valence-corrected chi connectivity index (χ2v) is 7.23. The molecule has 0 unspecified atom stereocenters. The number of hydrogen-bond acceptors (Lipinski definition) is 5. The van der Waals surface area contributed by atoms with Crippen LogP contribution in [0.3, 0.4) is 0 Å². The summed E-state index contributed by atoms with van der Waals surface area (Å²) in [6.07, 6.45) is 2.84. The maximum Gasteiger partial charge on any atom is 0.308 e. The number of hydrogen-bond donors (Lipinski definition) is 2. The van der Waals surface area contributed by atoms with E-state index in [9.17, 15) is 13.2 Å². The van der Waals surface area contributed by atoms with Gasteiger partial charge in [0.2, 0.25) is 0 Å². The predicted molar refractivity (Wildman–Crippen MR) is 75.4 cm³/mol. The first-order valence-corrected chi connectivity index (χ1v) is 7.92. The van der Waals surface area contributed by atoms with Crippen LogP contribution in [0.25, 0.3) is 0 Å². The molecule has 0 radical (unpaired) electrons. The van der Waals surface area contributed by atoms with Gasteiger partial charge >= 0.3 is 5.97 Å². The van der Waals surface area contributed by atoms with Gasteiger partial charge in [-0.05, 0) is 30.7 Å². The Morgan fingerprint density at radius 2 is 2.15 bits per heavy atom. The van der Waals surface area contributed by atoms with Crippen molar-refractivity contribution in [1.82, 2.24) is 4.98 Å². The summed E-state index contributed by atoms with van der Waals surface area (Å²) in [5.41, 5.74) is 1.21. The molecule has 0 saturated heterocycles. The molecule has 2 rings (SSSR count). The monoisotopic (exact) mass is 312 g/mol. The van der Waals surface area contributed by atoms with E-state index in [0.29, 0.717) is 10.6 Å². The van der Waals surface area contributed by atoms with Crippen molar-refractivity contribution in [3.8, 4) is 0 Å². The van der Waals surface area contributed by atoms with Crippen LogP contribution < -0.4 is 4.72 Å². The molecular weight excluding hydrogens is 300 g/mol. The molecule has 2 aromatic rings. The van der Waals surface area contributed by atoms with Crippen molar-refractivity contribution >= 4 is 33.0 Å². The average molecular weight is 312 g/mol. The second-order valence-electron chi connectivity index (χ2n) is 4.15. The van der Waals surface area contributed by atoms with E-state index in [0.717, 1.165) is 16.9 Å². The van der Waals surface area contributed by atoms with E-state index in [1.165, 1.54) is 18.3 Å². The number of thiophene rings is 1. The molecule has 0 bridgehead atoms. The highest BCUT2D eigenvalue weighted by Crippen LogP contribution is 2.24. The van der Waals surface area contributed by atoms with Crippen LogP contribution in [-0.4, -0.2) is 24.5 Å². The highest BCUT2D eigenvalue weighted by molar-refractivity contribution is 7.94. The molecule has 2 aromatic heterocycles. The zero-order chi connectivity index (χ0) is 14.8. The van der Waals surface area contributed by atoms with Crippen LogP contribution in [-0.2, 0) is 21.2 Å². The Morgan fingerprint density at radius 3 is 2.80 bits per heavy atom. The molecule has 0 aliphatic heterocycles. The van der Waals surface area contributed by atoms with Gasteiger partial charge < -0.3 is 5.11 Å². The lowest BCUT2D eigenvalue weighted by molar-refractivity contribution is -0.136. The van der Waals surface area contributed by atoms with Crippen molar-refractivity contribution in [2.75, 3.05) is 4.72 Å². The average Bonchev–Trinajstić information content (AvgIpc) is 2.76. The normalized spacial score (nSPS) is 11.2. The van der Waals surface area contributed by atoms with Crippen molar-refractivity contribution in [3.05, 3.63) is 41.0 Å². The van der Waals surface area contributed by atoms with Crippen molar-refractivity contribution in [3.63, 3.8) is 0 Å². The van der Waals surface area contributed by atoms with Crippen LogP contribution in [0.1, 0.15) is 10.4 Å². The molecule has 2 N–H and O–H groups in total. The van der Waals surface area contributed by atoms with E-state index in [4.69, 9.17) is 5.11 Å². The molecule has 0 spiro atoms. The zero-order valence-electron chi connectivity index (χ0n) is 10.5. The third-order valence-electron chi connectivity index (χ3n) is 2.35. The minimum atomic E-state index is -3.71. The van der Waals surface area contributed by atoms with Gasteiger partial charge in [-0.15, -0.1) is 11.3 Å². The van der Waals surface area contributed by atoms with E-state index in [2.05, 4.69) is 9.71 Å². The number of sulfonamides is 1. The van der Waals surface area contributed by atoms with Gasteiger partial charge in [0.25, 0.3) is 10.0 Å². The maximum absolute atomic E-state index is 12.1. The number of carboxylic acids is 1. The molecule has 0 atom stereocenters. The van der Waals surface area contributed by atoms with Gasteiger partial charge in [-0.1, -0.05) is 0 Å². The number of pyridine rings is 1. The van der Waals surface area contributed by atoms with Crippen LogP contribution in [0.15, 0.2) is 34.8 Å². The lowest BCUT2D eigenvalue weighted by Crippen LogP contribution is -2.11. The Bertz CT molecular complexity index is 737. The first-order valence-electron chi connectivity index (χ1n) is 5.62. The van der Waals surface area contributed by atoms with E-state index in [1.54, 1.807) is 19.2 Å². The van der Waals surface area contributed by atoms with Crippen molar-refractivity contribution in [2.45, 2.75) is 17.6 Å². The van der Waals surface area contributed by atoms with E-state index >= 15 is 0 Å². The third kappa shape index (κ3) is 3.55. The molecule has 8 heteroatoms. The maximum atomic E-state index is 12.1. The third-order valence-corrected chi connectivity index (χ3v) is 5.31. The molecule has 2 heterocycles. The fourth-order valence-corrected chi connectivity index (χ4v) is 3.94. The van der Waals surface area contributed by atoms with Crippen LogP contribution >= 0.6 is 11.3 Å². The summed E-state index contributed by atoms with van der Waals surface area (Å²) in [4.78, 5) is 15.0. The largest absolute Gasteiger partial charge is 0.481 e. The smallest absolute Gasteiger partial charge is 0.308 e. The van der Waals surface area contributed by atoms with Gasteiger partial charge in [0.15, 0.2) is 0 Å². The topological polar surface area (TPSA) is 96.4 Å². The second kappa shape index (κ2) is 5.59. The predicted octanol–water partition coefficient (Wildman–Crippen LogP) is 1.88. The van der Waals surface area contributed by atoms with Gasteiger partial charge in [0.05, 0.1) is 18.3 Å². The Kier molecular flexibility index (Phi) is 4.05. The summed E-state index contributed by atoms with van der Waals surface area (Å²) in [5.74, 6) is -0.994. The van der Waals surface area contributed by atoms with Gasteiger partial charge in [0.1, 0.15) is 4.21 Å². The van der Waals surface area contributed by atoms with Crippen LogP contribution in [0, 0.1) is 6.92 Å². The standard InChI is InChI=1S/C12H12N2O4S2/c1-8-4-9(7-13-6-8)14-20(17,18)12-3-2-10(19-12)5-11(15)16/h2-4,6-7,14H,5H2,1H3,(H,15,16). The molecule has 0 aliphatic carbocycles. The van der Waals surface area contributed by atoms with Gasteiger partial charge in [-0.2, -0.15) is 0 Å². The lowest BCUT2D eigenvalue weighted by atomic mass is 10.3. The van der Waals surface area contributed by atoms with Gasteiger partial charge in [-0.25, -0.2) is 8.42 Å². The number of aromatic nitrogens is 1. The summed E-state index contributed by atoms with van der Waals surface area (Å²) >= 11 is 0.940. The molecule has 6 nitrogen and oxygen atoms in total. The number of carboxylic acid groups (broad SMARTS) is 1. The van der Waals surface area contributed by atoms with E-state index in [1.807, 2.05) is 0 Å². The van der Waals surface area contributed by atoms with Crippen molar-refractivity contribution in [1.29, 1.82) is 0 Å². The molecule has 0 saturated carbocycles. The van der Waals surface area contributed by atoms with Crippen molar-refractivity contribution in [2.24, 2.45) is 0 Å². The van der Waals surface area contributed by atoms with Gasteiger partial charge in [0, 0.05) is 11.1 Å². The summed E-state index contributed by atoms with van der Waals surface area (Å²) in [5, 5.41) is 8.68. The number of nitrogens with one attached hydrogen (secondary N) is 1. The quantitative estimate of drug-likeness (QED) is 0.878. The molecule has 0 amide bonds. The molecule has 20 heavy (non-hydrogen) atoms. The Morgan fingerprint density at radius 1 is 1.40 bits per heavy atom. The van der Waals surface area contributed by atoms with Gasteiger partial charge in [-0.3, -0.25) is 14.5 Å². The van der Waals surface area contributed by atoms with Crippen LogP contribution in [0.5, 0.6) is 0 Å². The number of carbonyl (C=O) groups is 1. The molecular formula is C12H12N2O4S2. The summed E-state index contributed by atoms with van der Waals surface area (Å²) in [6.45, 7) is 1.81. The first-order chi connectivity index (χ1) is 9.37. The molecule has 0 aliphatic rings. The minimum Gasteiger partial charge on any atom is -0.481 e. The summed E-state index contributed by atoms with van der Waals surface area (Å²) in [6, 6.07) is 4.56. The SMILES string of the molecule is Cc1cncc(NS(=O)(=O)c2ccc(CC(=O)O)s2)c1. The lowest BCUT2D eigenvalue weighted by Gasteiger charge is -2.06. The Hall–Kier alpha value is -1.93. The number of aliphatic carboxylic acids is 1. The highest BCUT2D eigenvalue weighted by Gasteiger charge is 2.18. The van der Waals surface area contributed by atoms with E-state index < -0.39 is 16.0 Å². The van der Waals surface area contributed by atoms with Crippen LogP contribution in [0.4, 0.5) is 5.69 Å². The Labute approximate surface area is 120 Å². The van der Waals surface area contributed by atoms with Crippen molar-refractivity contribution < 1.29 is 18.3 Å². The fourth-order valence-electron chi connectivity index (χ4n) is 1.56. The first kappa shape index (κ1) is 14.5. The number of aryl methyl sites for hydroxylation is 1. The minimum absolute atomic E-state index is 0.0789. The number of rotatable bonds is 5. The Balaban J connectivity index is 2.22. The van der Waals surface area contributed by atoms with E-state index in [-0.39, 0.29) is 10.6 Å². The number of anilines is 1. The molecule has 0 aromatic carbocycles. The summed E-state index contributed by atoms with van der Waals surface area (Å²) < 4.78 is 26.8.